The second-order valence-corrected chi connectivity index (χ2v) is 1.97. The zero-order chi connectivity index (χ0) is 12.7. The SMILES string of the molecule is COCOC(C)=O.[CH2-]OC.[CH2-]OC(C)=O.[Y]. The maximum absolute atomic E-state index is 9.90. The molecule has 95 valence electrons. The van der Waals surface area contributed by atoms with Crippen molar-refractivity contribution >= 4 is 11.9 Å². The summed E-state index contributed by atoms with van der Waals surface area (Å²) >= 11 is 0. The Labute approximate surface area is 122 Å². The molecule has 6 nitrogen and oxygen atoms in total. The summed E-state index contributed by atoms with van der Waals surface area (Å²) in [7, 11) is 8.80. The van der Waals surface area contributed by atoms with E-state index in [4.69, 9.17) is 0 Å². The Balaban J connectivity index is -0.0000000710. The average Bonchev–Trinajstić information content (AvgIpc) is 2.16. The van der Waals surface area contributed by atoms with Crippen molar-refractivity contribution in [2.24, 2.45) is 0 Å². The van der Waals surface area contributed by atoms with E-state index in [2.05, 4.69) is 33.2 Å². The van der Waals surface area contributed by atoms with Crippen LogP contribution in [0.5, 0.6) is 0 Å². The third kappa shape index (κ3) is 66.0. The van der Waals surface area contributed by atoms with Crippen molar-refractivity contribution in [1.82, 2.24) is 0 Å². The zero-order valence-electron chi connectivity index (χ0n) is 10.1. The van der Waals surface area contributed by atoms with Crippen molar-refractivity contribution in [3.8, 4) is 0 Å². The largest absolute Gasteiger partial charge is 0.640 e. The van der Waals surface area contributed by atoms with E-state index in [1.165, 1.54) is 28.1 Å². The van der Waals surface area contributed by atoms with E-state index in [1.54, 1.807) is 0 Å². The average molecular weight is 311 g/mol. The number of esters is 2. The van der Waals surface area contributed by atoms with Crippen LogP contribution < -0.4 is 0 Å². The van der Waals surface area contributed by atoms with Crippen LogP contribution in [0.3, 0.4) is 0 Å². The van der Waals surface area contributed by atoms with E-state index in [-0.39, 0.29) is 51.4 Å². The fourth-order valence-corrected chi connectivity index (χ4v) is 0.142. The Morgan fingerprint density at radius 2 is 1.38 bits per heavy atom. The van der Waals surface area contributed by atoms with Gasteiger partial charge < -0.3 is 18.9 Å². The molecule has 0 spiro atoms. The van der Waals surface area contributed by atoms with Gasteiger partial charge in [0, 0.05) is 53.7 Å². The fourth-order valence-electron chi connectivity index (χ4n) is 0.142. The third-order valence-corrected chi connectivity index (χ3v) is 0.583. The minimum Gasteiger partial charge on any atom is -0.640 e. The molecule has 0 fully saturated rings. The molecule has 7 heteroatoms. The first-order valence-corrected chi connectivity index (χ1v) is 3.79. The molecule has 0 amide bonds. The summed E-state index contributed by atoms with van der Waals surface area (Å²) in [5, 5.41) is 0. The van der Waals surface area contributed by atoms with Crippen molar-refractivity contribution in [3.63, 3.8) is 0 Å². The first kappa shape index (κ1) is 25.0. The summed E-state index contributed by atoms with van der Waals surface area (Å²) in [6, 6.07) is 0. The second kappa shape index (κ2) is 24.3. The van der Waals surface area contributed by atoms with Gasteiger partial charge in [0.2, 0.25) is 0 Å². The summed E-state index contributed by atoms with van der Waals surface area (Å²) in [6.45, 7) is 2.68. The van der Waals surface area contributed by atoms with Gasteiger partial charge in [0.25, 0.3) is 5.97 Å². The van der Waals surface area contributed by atoms with Crippen LogP contribution in [-0.2, 0) is 61.2 Å². The van der Waals surface area contributed by atoms with Crippen molar-refractivity contribution < 1.29 is 61.2 Å². The molecule has 0 saturated carbocycles. The summed E-state index contributed by atoms with van der Waals surface area (Å²) < 4.78 is 16.6. The summed E-state index contributed by atoms with van der Waals surface area (Å²) in [6.07, 6.45) is 0. The minimum absolute atomic E-state index is 0. The standard InChI is InChI=1S/C4H8O3.C3H5O2.C2H5O.Y/c1-4(5)7-3-6-2;1-3(4)5-2;1-3-2;/h3H2,1-2H3;2H2,1H3;1H2,2H3;/q;2*-1;. The predicted octanol–water partition coefficient (Wildman–Crippen LogP) is 0.916. The number of rotatable bonds is 2. The normalized spacial score (nSPS) is 6.88. The zero-order valence-corrected chi connectivity index (χ0v) is 13.0. The molecule has 0 aliphatic heterocycles. The molecule has 0 rings (SSSR count). The molecule has 0 saturated heterocycles. The van der Waals surface area contributed by atoms with E-state index in [9.17, 15) is 9.59 Å². The van der Waals surface area contributed by atoms with Crippen LogP contribution in [0.15, 0.2) is 0 Å². The Kier molecular flexibility index (Phi) is 37.9. The number of carbonyl (C=O) groups excluding carboxylic acids is 2. The van der Waals surface area contributed by atoms with E-state index in [1.807, 2.05) is 0 Å². The van der Waals surface area contributed by atoms with E-state index in [0.29, 0.717) is 0 Å². The van der Waals surface area contributed by atoms with Gasteiger partial charge in [-0.3, -0.25) is 9.59 Å². The first-order valence-electron chi connectivity index (χ1n) is 3.79. The maximum Gasteiger partial charge on any atom is 0.304 e. The van der Waals surface area contributed by atoms with Gasteiger partial charge in [0.05, 0.1) is 0 Å². The van der Waals surface area contributed by atoms with Crippen molar-refractivity contribution in [3.05, 3.63) is 14.2 Å². The Morgan fingerprint density at radius 1 is 1.06 bits per heavy atom. The van der Waals surface area contributed by atoms with Crippen LogP contribution in [0.1, 0.15) is 13.8 Å². The Hall–Kier alpha value is -0.0361. The molecule has 0 aromatic carbocycles. The van der Waals surface area contributed by atoms with Gasteiger partial charge in [0.15, 0.2) is 6.79 Å². The summed E-state index contributed by atoms with van der Waals surface area (Å²) in [5.41, 5.74) is 0. The van der Waals surface area contributed by atoms with Crippen LogP contribution in [0.4, 0.5) is 0 Å². The van der Waals surface area contributed by atoms with Gasteiger partial charge in [-0.1, -0.05) is 0 Å². The smallest absolute Gasteiger partial charge is 0.304 e. The number of methoxy groups -OCH3 is 2. The maximum atomic E-state index is 9.90. The minimum atomic E-state index is -0.356. The van der Waals surface area contributed by atoms with Gasteiger partial charge >= 0.3 is 5.97 Å². The molecule has 0 aromatic rings. The van der Waals surface area contributed by atoms with Crippen LogP contribution in [0.25, 0.3) is 0 Å². The third-order valence-electron chi connectivity index (χ3n) is 0.583. The Bertz CT molecular complexity index is 151. The van der Waals surface area contributed by atoms with Gasteiger partial charge in [-0.15, -0.1) is 0 Å². The van der Waals surface area contributed by atoms with Crippen LogP contribution >= 0.6 is 0 Å². The molecule has 0 unspecified atom stereocenters. The fraction of sp³-hybridized carbons (Fsp3) is 0.556. The predicted molar refractivity (Wildman–Crippen MR) is 53.1 cm³/mol. The van der Waals surface area contributed by atoms with Gasteiger partial charge in [-0.05, 0) is 7.11 Å². The monoisotopic (exact) mass is 311 g/mol. The quantitative estimate of drug-likeness (QED) is 0.429. The molecule has 0 aliphatic carbocycles. The molecule has 0 bridgehead atoms. The van der Waals surface area contributed by atoms with Gasteiger partial charge in [-0.2, -0.15) is 7.11 Å². The molecular formula is C9H18O6Y-2. The number of carbonyl (C=O) groups is 2. The van der Waals surface area contributed by atoms with Crippen LogP contribution in [-0.4, -0.2) is 33.0 Å². The summed E-state index contributed by atoms with van der Waals surface area (Å²) in [5.74, 6) is -0.674. The topological polar surface area (TPSA) is 71.1 Å². The number of hydrogen-bond acceptors (Lipinski definition) is 6. The van der Waals surface area contributed by atoms with Gasteiger partial charge in [-0.25, -0.2) is 7.11 Å². The Morgan fingerprint density at radius 3 is 1.44 bits per heavy atom. The van der Waals surface area contributed by atoms with Crippen molar-refractivity contribution in [2.45, 2.75) is 13.8 Å². The molecular weight excluding hydrogens is 293 g/mol. The van der Waals surface area contributed by atoms with Crippen LogP contribution in [0, 0.1) is 14.2 Å². The number of hydrogen-bond donors (Lipinski definition) is 0. The van der Waals surface area contributed by atoms with Crippen LogP contribution in [0.2, 0.25) is 0 Å². The van der Waals surface area contributed by atoms with E-state index < -0.39 is 0 Å². The van der Waals surface area contributed by atoms with E-state index in [0.717, 1.165) is 0 Å². The molecule has 1 radical (unpaired) electrons. The van der Waals surface area contributed by atoms with Crippen molar-refractivity contribution in [2.75, 3.05) is 21.0 Å². The van der Waals surface area contributed by atoms with Crippen molar-refractivity contribution in [1.29, 1.82) is 0 Å². The molecule has 0 atom stereocenters. The summed E-state index contributed by atoms with van der Waals surface area (Å²) in [4.78, 5) is 19.4. The molecule has 16 heavy (non-hydrogen) atoms. The second-order valence-electron chi connectivity index (χ2n) is 1.97. The molecule has 0 aromatic heterocycles. The number of ether oxygens (including phenoxy) is 4. The molecule has 0 aliphatic rings. The first-order chi connectivity index (χ1) is 6.95. The van der Waals surface area contributed by atoms with Gasteiger partial charge in [0.1, 0.15) is 0 Å². The molecule has 0 N–H and O–H groups in total. The van der Waals surface area contributed by atoms with E-state index >= 15 is 0 Å². The molecule has 0 heterocycles.